The minimum atomic E-state index is -0.321. The lowest BCUT2D eigenvalue weighted by Crippen LogP contribution is -2.25. The van der Waals surface area contributed by atoms with Gasteiger partial charge in [0.15, 0.2) is 0 Å². The molecule has 0 aliphatic carbocycles. The van der Waals surface area contributed by atoms with Gasteiger partial charge in [-0.05, 0) is 24.3 Å². The van der Waals surface area contributed by atoms with Crippen molar-refractivity contribution in [1.29, 1.82) is 0 Å². The molecule has 3 aromatic rings. The number of halogens is 1. The number of carbonyl (C=O) groups excluding carboxylic acids is 1. The Morgan fingerprint density at radius 2 is 1.85 bits per heavy atom. The largest absolute Gasteiger partial charge is 0.497 e. The molecule has 27 heavy (non-hydrogen) atoms. The van der Waals surface area contributed by atoms with Crippen LogP contribution in [-0.2, 0) is 0 Å². The highest BCUT2D eigenvalue weighted by molar-refractivity contribution is 6.30. The summed E-state index contributed by atoms with van der Waals surface area (Å²) in [6.07, 6.45) is 0. The highest BCUT2D eigenvalue weighted by Crippen LogP contribution is 2.45. The van der Waals surface area contributed by atoms with Crippen LogP contribution in [0.1, 0.15) is 27.7 Å². The number of rotatable bonds is 4. The predicted molar refractivity (Wildman–Crippen MR) is 103 cm³/mol. The Labute approximate surface area is 161 Å². The minimum Gasteiger partial charge on any atom is -0.497 e. The number of nitrogens with one attached hydrogen (secondary N) is 1. The number of hydrogen-bond donors (Lipinski definition) is 1. The first kappa shape index (κ1) is 17.4. The van der Waals surface area contributed by atoms with Gasteiger partial charge in [-0.25, -0.2) is 0 Å². The van der Waals surface area contributed by atoms with E-state index >= 15 is 0 Å². The van der Waals surface area contributed by atoms with Gasteiger partial charge in [-0.2, -0.15) is 5.10 Å². The number of ether oxygens (including phenoxy) is 2. The highest BCUT2D eigenvalue weighted by Gasteiger charge is 2.41. The zero-order chi connectivity index (χ0) is 19.1. The Morgan fingerprint density at radius 1 is 1.11 bits per heavy atom. The van der Waals surface area contributed by atoms with Gasteiger partial charge in [-0.1, -0.05) is 23.7 Å². The van der Waals surface area contributed by atoms with E-state index in [2.05, 4.69) is 10.2 Å². The summed E-state index contributed by atoms with van der Waals surface area (Å²) in [5, 5.41) is 7.95. The van der Waals surface area contributed by atoms with E-state index in [1.165, 1.54) is 0 Å². The summed E-state index contributed by atoms with van der Waals surface area (Å²) in [4.78, 5) is 14.5. The molecule has 6 nitrogen and oxygen atoms in total. The molecule has 4 rings (SSSR count). The SMILES string of the molecule is COc1ccc([C@@H]2c3c(-c4ccc(Cl)cc4)n[nH]c3C(=O)N2C)c(OC)c1. The van der Waals surface area contributed by atoms with Crippen molar-refractivity contribution >= 4 is 17.5 Å². The maximum atomic E-state index is 12.8. The molecule has 0 unspecified atom stereocenters. The van der Waals surface area contributed by atoms with Gasteiger partial charge in [0.2, 0.25) is 0 Å². The average molecular weight is 384 g/mol. The van der Waals surface area contributed by atoms with Crippen molar-refractivity contribution in [2.45, 2.75) is 6.04 Å². The number of benzene rings is 2. The van der Waals surface area contributed by atoms with E-state index in [0.717, 1.165) is 22.4 Å². The standard InChI is InChI=1S/C20H18ClN3O3/c1-24-19(14-9-8-13(26-2)10-15(14)27-3)16-17(22-23-18(16)20(24)25)11-4-6-12(21)7-5-11/h4-10,19H,1-3H3,(H,22,23)/t19-/m1/s1. The fourth-order valence-electron chi connectivity index (χ4n) is 3.50. The second-order valence-corrected chi connectivity index (χ2v) is 6.73. The second-order valence-electron chi connectivity index (χ2n) is 6.29. The third-order valence-electron chi connectivity index (χ3n) is 4.85. The van der Waals surface area contributed by atoms with Gasteiger partial charge < -0.3 is 14.4 Å². The molecule has 1 aromatic heterocycles. The van der Waals surface area contributed by atoms with E-state index < -0.39 is 0 Å². The lowest BCUT2D eigenvalue weighted by Gasteiger charge is -2.24. The molecule has 138 valence electrons. The van der Waals surface area contributed by atoms with Crippen molar-refractivity contribution in [2.75, 3.05) is 21.3 Å². The van der Waals surface area contributed by atoms with E-state index in [1.807, 2.05) is 30.3 Å². The average Bonchev–Trinajstić information content (AvgIpc) is 3.22. The fourth-order valence-corrected chi connectivity index (χ4v) is 3.63. The molecule has 0 saturated heterocycles. The molecular weight excluding hydrogens is 366 g/mol. The van der Waals surface area contributed by atoms with Gasteiger partial charge in [0.25, 0.3) is 5.91 Å². The zero-order valence-electron chi connectivity index (χ0n) is 15.1. The summed E-state index contributed by atoms with van der Waals surface area (Å²) in [6, 6.07) is 12.7. The van der Waals surface area contributed by atoms with Crippen LogP contribution in [0.5, 0.6) is 11.5 Å². The molecule has 1 N–H and O–H groups in total. The number of methoxy groups -OCH3 is 2. The Morgan fingerprint density at radius 3 is 2.52 bits per heavy atom. The third kappa shape index (κ3) is 2.73. The Balaban J connectivity index is 1.89. The van der Waals surface area contributed by atoms with Crippen LogP contribution in [0.4, 0.5) is 0 Å². The molecule has 0 saturated carbocycles. The molecule has 1 amide bonds. The highest BCUT2D eigenvalue weighted by atomic mass is 35.5. The topological polar surface area (TPSA) is 67.5 Å². The van der Waals surface area contributed by atoms with Gasteiger partial charge in [-0.3, -0.25) is 9.89 Å². The first-order valence-corrected chi connectivity index (χ1v) is 8.76. The normalized spacial score (nSPS) is 15.8. The lowest BCUT2D eigenvalue weighted by atomic mass is 9.95. The molecule has 2 heterocycles. The maximum absolute atomic E-state index is 12.8. The molecule has 7 heteroatoms. The summed E-state index contributed by atoms with van der Waals surface area (Å²) in [7, 11) is 4.98. The third-order valence-corrected chi connectivity index (χ3v) is 5.10. The molecule has 0 radical (unpaired) electrons. The van der Waals surface area contributed by atoms with E-state index in [-0.39, 0.29) is 11.9 Å². The Hall–Kier alpha value is -2.99. The number of nitrogens with zero attached hydrogens (tertiary/aromatic N) is 2. The van der Waals surface area contributed by atoms with Crippen LogP contribution in [0.25, 0.3) is 11.3 Å². The maximum Gasteiger partial charge on any atom is 0.272 e. The molecular formula is C20H18ClN3O3. The van der Waals surface area contributed by atoms with E-state index in [1.54, 1.807) is 38.3 Å². The molecule has 2 aromatic carbocycles. The molecule has 0 spiro atoms. The fraction of sp³-hybridized carbons (Fsp3) is 0.200. The van der Waals surface area contributed by atoms with E-state index in [4.69, 9.17) is 21.1 Å². The number of fused-ring (bicyclic) bond motifs is 1. The first-order chi connectivity index (χ1) is 13.0. The first-order valence-electron chi connectivity index (χ1n) is 8.38. The number of aromatic nitrogens is 2. The number of amides is 1. The molecule has 0 bridgehead atoms. The van der Waals surface area contributed by atoms with Crippen LogP contribution in [-0.4, -0.2) is 42.3 Å². The van der Waals surface area contributed by atoms with Gasteiger partial charge in [-0.15, -0.1) is 0 Å². The zero-order valence-corrected chi connectivity index (χ0v) is 15.9. The lowest BCUT2D eigenvalue weighted by molar-refractivity contribution is 0.0787. The van der Waals surface area contributed by atoms with Gasteiger partial charge in [0.05, 0.1) is 26.0 Å². The minimum absolute atomic E-state index is 0.111. The van der Waals surface area contributed by atoms with Crippen LogP contribution in [0.3, 0.4) is 0 Å². The van der Waals surface area contributed by atoms with Crippen LogP contribution < -0.4 is 9.47 Å². The van der Waals surface area contributed by atoms with Crippen molar-refractivity contribution in [3.63, 3.8) is 0 Å². The summed E-state index contributed by atoms with van der Waals surface area (Å²) >= 11 is 6.01. The molecule has 1 aliphatic rings. The van der Waals surface area contributed by atoms with Crippen molar-refractivity contribution in [3.8, 4) is 22.8 Å². The monoisotopic (exact) mass is 383 g/mol. The summed E-state index contributed by atoms with van der Waals surface area (Å²) in [5.41, 5.74) is 3.79. The predicted octanol–water partition coefficient (Wildman–Crippen LogP) is 3.92. The van der Waals surface area contributed by atoms with Crippen LogP contribution in [0, 0.1) is 0 Å². The summed E-state index contributed by atoms with van der Waals surface area (Å²) in [6.45, 7) is 0. The Kier molecular flexibility index (Phi) is 4.28. The molecule has 1 aliphatic heterocycles. The number of H-pyrrole nitrogens is 1. The van der Waals surface area contributed by atoms with E-state index in [9.17, 15) is 4.79 Å². The summed E-state index contributed by atoms with van der Waals surface area (Å²) in [5.74, 6) is 1.23. The van der Waals surface area contributed by atoms with Crippen LogP contribution in [0.2, 0.25) is 5.02 Å². The van der Waals surface area contributed by atoms with Gasteiger partial charge >= 0.3 is 0 Å². The second kappa shape index (κ2) is 6.63. The Bertz CT molecular complexity index is 1010. The molecule has 1 atom stereocenters. The smallest absolute Gasteiger partial charge is 0.272 e. The van der Waals surface area contributed by atoms with Gasteiger partial charge in [0, 0.05) is 34.8 Å². The van der Waals surface area contributed by atoms with E-state index in [0.29, 0.717) is 22.2 Å². The quantitative estimate of drug-likeness (QED) is 0.741. The van der Waals surface area contributed by atoms with Crippen molar-refractivity contribution in [2.24, 2.45) is 0 Å². The van der Waals surface area contributed by atoms with Gasteiger partial charge in [0.1, 0.15) is 17.2 Å². The van der Waals surface area contributed by atoms with Crippen molar-refractivity contribution in [1.82, 2.24) is 15.1 Å². The van der Waals surface area contributed by atoms with Crippen LogP contribution in [0.15, 0.2) is 42.5 Å². The molecule has 0 fully saturated rings. The number of carbonyl (C=O) groups is 1. The number of aromatic amines is 1. The van der Waals surface area contributed by atoms with Crippen molar-refractivity contribution < 1.29 is 14.3 Å². The summed E-state index contributed by atoms with van der Waals surface area (Å²) < 4.78 is 10.9. The van der Waals surface area contributed by atoms with Crippen molar-refractivity contribution in [3.05, 3.63) is 64.3 Å². The van der Waals surface area contributed by atoms with Crippen LogP contribution >= 0.6 is 11.6 Å². The number of hydrogen-bond acceptors (Lipinski definition) is 4.